The molecule has 0 spiro atoms. The van der Waals surface area contributed by atoms with Gasteiger partial charge in [-0.05, 0) is 73.1 Å². The van der Waals surface area contributed by atoms with Crippen LogP contribution >= 0.6 is 0 Å². The van der Waals surface area contributed by atoms with Crippen LogP contribution in [0.15, 0.2) is 60.7 Å². The summed E-state index contributed by atoms with van der Waals surface area (Å²) >= 11 is 0. The number of benzene rings is 4. The number of hydrogen-bond donors (Lipinski definition) is 0. The molecule has 0 saturated heterocycles. The van der Waals surface area contributed by atoms with E-state index in [1.165, 1.54) is 54.6 Å². The van der Waals surface area contributed by atoms with Gasteiger partial charge in [0.25, 0.3) is 0 Å². The molecule has 106 valence electrons. The van der Waals surface area contributed by atoms with Gasteiger partial charge in [-0.1, -0.05) is 60.7 Å². The van der Waals surface area contributed by atoms with E-state index in [2.05, 4.69) is 72.8 Å². The minimum atomic E-state index is 1.04. The van der Waals surface area contributed by atoms with E-state index in [9.17, 15) is 0 Å². The van der Waals surface area contributed by atoms with Gasteiger partial charge in [0.05, 0.1) is 0 Å². The van der Waals surface area contributed by atoms with Gasteiger partial charge >= 0.3 is 0 Å². The Morgan fingerprint density at radius 3 is 2.70 bits per heavy atom. The third kappa shape index (κ3) is 1.37. The van der Waals surface area contributed by atoms with Crippen LogP contribution < -0.4 is 5.22 Å². The summed E-state index contributed by atoms with van der Waals surface area (Å²) in [6.07, 6.45) is 7.94. The Hall–Kier alpha value is -2.86. The van der Waals surface area contributed by atoms with Gasteiger partial charge in [0, 0.05) is 0 Å². The predicted molar refractivity (Wildman–Crippen MR) is 98.4 cm³/mol. The van der Waals surface area contributed by atoms with Crippen LogP contribution in [0.3, 0.4) is 0 Å². The Morgan fingerprint density at radius 1 is 0.739 bits per heavy atom. The van der Waals surface area contributed by atoms with Crippen molar-refractivity contribution in [3.8, 4) is 11.1 Å². The van der Waals surface area contributed by atoms with Crippen LogP contribution in [-0.4, -0.2) is 0 Å². The first kappa shape index (κ1) is 11.7. The van der Waals surface area contributed by atoms with Crippen molar-refractivity contribution in [1.82, 2.24) is 0 Å². The lowest BCUT2D eigenvalue weighted by molar-refractivity contribution is 1.30. The lowest BCUT2D eigenvalue weighted by Crippen LogP contribution is -2.05. The van der Waals surface area contributed by atoms with E-state index in [1.807, 2.05) is 0 Å². The van der Waals surface area contributed by atoms with Gasteiger partial charge < -0.3 is 0 Å². The summed E-state index contributed by atoms with van der Waals surface area (Å²) in [7, 11) is 0. The summed E-state index contributed by atoms with van der Waals surface area (Å²) in [5.74, 6) is 0. The highest BCUT2D eigenvalue weighted by Crippen LogP contribution is 2.38. The minimum absolute atomic E-state index is 1.04. The van der Waals surface area contributed by atoms with E-state index in [-0.39, 0.29) is 0 Å². The topological polar surface area (TPSA) is 0 Å². The maximum atomic E-state index is 2.38. The molecule has 0 heterocycles. The molecule has 0 N–H and O–H groups in total. The highest BCUT2D eigenvalue weighted by atomic mass is 14.2. The molecule has 0 bridgehead atoms. The van der Waals surface area contributed by atoms with Crippen molar-refractivity contribution in [2.24, 2.45) is 0 Å². The summed E-state index contributed by atoms with van der Waals surface area (Å²) in [5, 5.41) is 7.03. The zero-order valence-corrected chi connectivity index (χ0v) is 12.6. The highest BCUT2D eigenvalue weighted by molar-refractivity contribution is 6.17. The monoisotopic (exact) mass is 290 g/mol. The lowest BCUT2D eigenvalue weighted by Gasteiger charge is -2.17. The average molecular weight is 290 g/mol. The minimum Gasteiger partial charge on any atom is -0.0795 e. The van der Waals surface area contributed by atoms with E-state index >= 15 is 0 Å². The van der Waals surface area contributed by atoms with Crippen LogP contribution in [0.1, 0.15) is 16.7 Å². The molecule has 0 nitrogen and oxygen atoms in total. The summed E-state index contributed by atoms with van der Waals surface area (Å²) in [6, 6.07) is 20.3. The smallest absolute Gasteiger partial charge is 0.00235 e. The number of hydrogen-bond acceptors (Lipinski definition) is 0. The van der Waals surface area contributed by atoms with Gasteiger partial charge in [-0.15, -0.1) is 0 Å². The second kappa shape index (κ2) is 3.91. The van der Waals surface area contributed by atoms with Gasteiger partial charge in [-0.3, -0.25) is 0 Å². The Morgan fingerprint density at radius 2 is 1.70 bits per heavy atom. The summed E-state index contributed by atoms with van der Waals surface area (Å²) in [6.45, 7) is 0. The van der Waals surface area contributed by atoms with Crippen molar-refractivity contribution in [3.05, 3.63) is 82.6 Å². The molecule has 0 atom stereocenters. The van der Waals surface area contributed by atoms with Gasteiger partial charge in [-0.2, -0.15) is 0 Å². The zero-order valence-electron chi connectivity index (χ0n) is 12.6. The van der Waals surface area contributed by atoms with E-state index in [1.54, 1.807) is 0 Å². The molecule has 0 unspecified atom stereocenters. The first-order valence-electron chi connectivity index (χ1n) is 8.19. The highest BCUT2D eigenvalue weighted by Gasteiger charge is 2.18. The summed E-state index contributed by atoms with van der Waals surface area (Å²) in [5.41, 5.74) is 6.89. The Balaban J connectivity index is 1.90. The van der Waals surface area contributed by atoms with Gasteiger partial charge in [0.2, 0.25) is 0 Å². The maximum absolute atomic E-state index is 2.38. The number of rotatable bonds is 0. The Labute approximate surface area is 134 Å². The van der Waals surface area contributed by atoms with Gasteiger partial charge in [0.1, 0.15) is 0 Å². The van der Waals surface area contributed by atoms with Crippen molar-refractivity contribution in [3.63, 3.8) is 0 Å². The second-order valence-electron chi connectivity index (χ2n) is 6.58. The molecule has 0 aromatic heterocycles. The van der Waals surface area contributed by atoms with Crippen LogP contribution in [0.5, 0.6) is 0 Å². The molecule has 0 saturated carbocycles. The van der Waals surface area contributed by atoms with E-state index in [0.717, 1.165) is 6.42 Å². The van der Waals surface area contributed by atoms with Crippen LogP contribution in [0.25, 0.3) is 44.8 Å². The van der Waals surface area contributed by atoms with Crippen molar-refractivity contribution < 1.29 is 0 Å². The fraction of sp³-hybridized carbons (Fsp3) is 0.0435. The molecule has 2 aliphatic carbocycles. The van der Waals surface area contributed by atoms with Crippen LogP contribution in [0.4, 0.5) is 0 Å². The molecule has 2 aliphatic rings. The fourth-order valence-corrected chi connectivity index (χ4v) is 4.37. The van der Waals surface area contributed by atoms with Crippen molar-refractivity contribution in [2.45, 2.75) is 6.42 Å². The molecular formula is C23H14. The normalized spacial score (nSPS) is 14.1. The molecule has 4 aromatic carbocycles. The van der Waals surface area contributed by atoms with Crippen LogP contribution in [0, 0.1) is 0 Å². The molecule has 4 aromatic rings. The molecule has 0 fully saturated rings. The summed E-state index contributed by atoms with van der Waals surface area (Å²) < 4.78 is 0. The second-order valence-corrected chi connectivity index (χ2v) is 6.58. The van der Waals surface area contributed by atoms with E-state index in [4.69, 9.17) is 0 Å². The number of fused-ring (bicyclic) bond motifs is 4. The van der Waals surface area contributed by atoms with Gasteiger partial charge in [0.15, 0.2) is 0 Å². The van der Waals surface area contributed by atoms with Crippen LogP contribution in [-0.2, 0) is 6.42 Å². The predicted octanol–water partition coefficient (Wildman–Crippen LogP) is 5.09. The quantitative estimate of drug-likeness (QED) is 0.372. The molecule has 0 amide bonds. The van der Waals surface area contributed by atoms with Crippen molar-refractivity contribution >= 4 is 33.7 Å². The lowest BCUT2D eigenvalue weighted by atomic mass is 9.87. The Bertz CT molecular complexity index is 1220. The zero-order chi connectivity index (χ0) is 15.0. The largest absolute Gasteiger partial charge is 0.0795 e. The Kier molecular flexibility index (Phi) is 1.98. The molecular weight excluding hydrogens is 276 g/mol. The SMILES string of the molecule is C1=Cc2ccc3cc4c(c5ccc(c2c35)C1)=Cc1ccccc1-4. The molecule has 0 radical (unpaired) electrons. The van der Waals surface area contributed by atoms with Crippen molar-refractivity contribution in [1.29, 1.82) is 0 Å². The maximum Gasteiger partial charge on any atom is -0.00235 e. The average Bonchev–Trinajstić information content (AvgIpc) is 2.98. The van der Waals surface area contributed by atoms with E-state index < -0.39 is 0 Å². The van der Waals surface area contributed by atoms with Gasteiger partial charge in [-0.25, -0.2) is 0 Å². The number of allylic oxidation sites excluding steroid dienone is 1. The standard InChI is InChI=1S/C23H14/c1-2-7-18-16(4-1)12-21-19-11-10-15-6-3-5-14-8-9-17(13-20(18)21)23(19)22(14)15/h1-5,7-13H,6H2. The molecule has 0 heteroatoms. The fourth-order valence-electron chi connectivity index (χ4n) is 4.37. The summed E-state index contributed by atoms with van der Waals surface area (Å²) in [4.78, 5) is 0. The first-order valence-corrected chi connectivity index (χ1v) is 8.19. The molecule has 6 rings (SSSR count). The third-order valence-electron chi connectivity index (χ3n) is 5.38. The first-order chi connectivity index (χ1) is 11.4. The molecule has 0 aliphatic heterocycles. The van der Waals surface area contributed by atoms with Crippen LogP contribution in [0.2, 0.25) is 0 Å². The van der Waals surface area contributed by atoms with Crippen molar-refractivity contribution in [2.75, 3.05) is 0 Å². The third-order valence-corrected chi connectivity index (χ3v) is 5.38. The molecule has 23 heavy (non-hydrogen) atoms. The van der Waals surface area contributed by atoms with E-state index in [0.29, 0.717) is 0 Å².